The fraction of sp³-hybridized carbons (Fsp3) is 0.108. The highest BCUT2D eigenvalue weighted by molar-refractivity contribution is 6.03. The van der Waals surface area contributed by atoms with E-state index in [1.54, 1.807) is 18.2 Å². The molecule has 5 heteroatoms. The number of para-hydroxylation sites is 2. The maximum Gasteiger partial charge on any atom is 0.161 e. The van der Waals surface area contributed by atoms with Crippen LogP contribution in [-0.2, 0) is 0 Å². The lowest BCUT2D eigenvalue weighted by Crippen LogP contribution is -2.00. The number of aromatic hydroxyl groups is 2. The summed E-state index contributed by atoms with van der Waals surface area (Å²) in [4.78, 5) is 11.7. The minimum atomic E-state index is -0.0159. The Morgan fingerprint density at radius 2 is 0.976 bits per heavy atom. The number of anilines is 4. The van der Waals surface area contributed by atoms with E-state index in [2.05, 4.69) is 10.6 Å². The van der Waals surface area contributed by atoms with Crippen molar-refractivity contribution in [2.75, 3.05) is 10.6 Å². The predicted molar refractivity (Wildman–Crippen MR) is 177 cm³/mol. The van der Waals surface area contributed by atoms with Crippen molar-refractivity contribution in [3.8, 4) is 11.5 Å². The normalized spacial score (nSPS) is 10.2. The Bertz CT molecular complexity index is 1830. The fourth-order valence-electron chi connectivity index (χ4n) is 4.66. The molecule has 4 N–H and O–H groups in total. The highest BCUT2D eigenvalue weighted by atomic mass is 16.3. The number of carbonyl (C=O) groups excluding carboxylic acids is 1. The Morgan fingerprint density at radius 1 is 0.548 bits per heavy atom. The maximum absolute atomic E-state index is 11.7. The summed E-state index contributed by atoms with van der Waals surface area (Å²) in [6.07, 6.45) is 0. The summed E-state index contributed by atoms with van der Waals surface area (Å²) in [5.41, 5.74) is 4.82. The van der Waals surface area contributed by atoms with Crippen LogP contribution in [-0.4, -0.2) is 16.0 Å². The molecule has 5 nitrogen and oxygen atoms in total. The lowest BCUT2D eigenvalue weighted by Gasteiger charge is -2.14. The van der Waals surface area contributed by atoms with E-state index in [1.807, 2.05) is 124 Å². The van der Waals surface area contributed by atoms with Crippen molar-refractivity contribution in [2.24, 2.45) is 0 Å². The highest BCUT2D eigenvalue weighted by Crippen LogP contribution is 2.36. The molecule has 6 aromatic carbocycles. The first kappa shape index (κ1) is 29.7. The summed E-state index contributed by atoms with van der Waals surface area (Å²) in [5.74, 6) is 0.409. The Kier molecular flexibility index (Phi) is 9.80. The van der Waals surface area contributed by atoms with Crippen molar-refractivity contribution < 1.29 is 15.0 Å². The average Bonchev–Trinajstić information content (AvgIpc) is 3.02. The summed E-state index contributed by atoms with van der Waals surface area (Å²) in [6, 6.07) is 38.3. The average molecular weight is 557 g/mol. The van der Waals surface area contributed by atoms with Crippen LogP contribution in [0.25, 0.3) is 21.5 Å². The Hall–Kier alpha value is -5.29. The fourth-order valence-corrected chi connectivity index (χ4v) is 4.66. The number of benzene rings is 6. The van der Waals surface area contributed by atoms with Gasteiger partial charge in [-0.25, -0.2) is 0 Å². The molecular weight excluding hydrogens is 520 g/mol. The number of phenols is 2. The van der Waals surface area contributed by atoms with Crippen LogP contribution in [0.4, 0.5) is 22.7 Å². The Balaban J connectivity index is 0.000000183. The van der Waals surface area contributed by atoms with E-state index in [9.17, 15) is 15.0 Å². The molecule has 6 aromatic rings. The van der Waals surface area contributed by atoms with Gasteiger partial charge in [0.1, 0.15) is 11.5 Å². The zero-order valence-electron chi connectivity index (χ0n) is 24.3. The molecule has 0 amide bonds. The molecule has 0 atom stereocenters. The van der Waals surface area contributed by atoms with Gasteiger partial charge in [-0.05, 0) is 60.5 Å². The zero-order valence-corrected chi connectivity index (χ0v) is 24.3. The van der Waals surface area contributed by atoms with Crippen molar-refractivity contribution in [1.29, 1.82) is 0 Å². The van der Waals surface area contributed by atoms with Gasteiger partial charge in [0.15, 0.2) is 5.78 Å². The summed E-state index contributed by atoms with van der Waals surface area (Å²) in [7, 11) is 0. The second-order valence-corrected chi connectivity index (χ2v) is 9.53. The van der Waals surface area contributed by atoms with E-state index in [-0.39, 0.29) is 17.3 Å². The quantitative estimate of drug-likeness (QED) is 0.125. The van der Waals surface area contributed by atoms with Crippen molar-refractivity contribution >= 4 is 50.1 Å². The lowest BCUT2D eigenvalue weighted by atomic mass is 10.1. The molecule has 212 valence electrons. The molecule has 0 spiro atoms. The van der Waals surface area contributed by atoms with Crippen LogP contribution in [0.5, 0.6) is 11.5 Å². The van der Waals surface area contributed by atoms with E-state index in [0.717, 1.165) is 38.5 Å². The molecule has 0 bridgehead atoms. The summed E-state index contributed by atoms with van der Waals surface area (Å²) < 4.78 is 0. The summed E-state index contributed by atoms with van der Waals surface area (Å²) in [6.45, 7) is 7.58. The van der Waals surface area contributed by atoms with Crippen LogP contribution in [0.15, 0.2) is 121 Å². The molecule has 0 fully saturated rings. The second-order valence-electron chi connectivity index (χ2n) is 9.53. The number of carbonyl (C=O) groups is 1. The van der Waals surface area contributed by atoms with E-state index in [0.29, 0.717) is 16.9 Å². The van der Waals surface area contributed by atoms with Crippen LogP contribution in [0, 0.1) is 6.92 Å². The molecule has 0 aliphatic rings. The summed E-state index contributed by atoms with van der Waals surface area (Å²) >= 11 is 0. The van der Waals surface area contributed by atoms with Gasteiger partial charge in [-0.3, -0.25) is 4.79 Å². The Labute approximate surface area is 247 Å². The Morgan fingerprint density at radius 3 is 1.50 bits per heavy atom. The van der Waals surface area contributed by atoms with Crippen molar-refractivity contribution in [1.82, 2.24) is 0 Å². The van der Waals surface area contributed by atoms with Gasteiger partial charge in [0.05, 0.1) is 11.4 Å². The van der Waals surface area contributed by atoms with E-state index < -0.39 is 0 Å². The van der Waals surface area contributed by atoms with Crippen LogP contribution < -0.4 is 10.6 Å². The minimum absolute atomic E-state index is 0.0159. The van der Waals surface area contributed by atoms with Gasteiger partial charge in [0.25, 0.3) is 0 Å². The smallest absolute Gasteiger partial charge is 0.161 e. The van der Waals surface area contributed by atoms with E-state index >= 15 is 0 Å². The van der Waals surface area contributed by atoms with Crippen LogP contribution in [0.2, 0.25) is 0 Å². The molecule has 0 saturated heterocycles. The maximum atomic E-state index is 11.7. The molecule has 6 rings (SSSR count). The lowest BCUT2D eigenvalue weighted by molar-refractivity contribution is 0.101. The van der Waals surface area contributed by atoms with Gasteiger partial charge in [-0.15, -0.1) is 0 Å². The first-order valence-corrected chi connectivity index (χ1v) is 14.0. The number of rotatable bonds is 5. The van der Waals surface area contributed by atoms with Crippen LogP contribution in [0.3, 0.4) is 0 Å². The van der Waals surface area contributed by atoms with Crippen molar-refractivity contribution in [3.63, 3.8) is 0 Å². The third-order valence-corrected chi connectivity index (χ3v) is 6.78. The number of nitrogens with one attached hydrogen (secondary N) is 2. The molecule has 0 aromatic heterocycles. The van der Waals surface area contributed by atoms with Crippen LogP contribution >= 0.6 is 0 Å². The first-order chi connectivity index (χ1) is 20.4. The molecular formula is C37H36N2O3. The van der Waals surface area contributed by atoms with Gasteiger partial charge >= 0.3 is 0 Å². The molecule has 0 radical (unpaired) electrons. The standard InChI is InChI=1S/C18H15NO2.C17H15NO.C2H6/c1-12(20)14-7-4-5-9-16(14)19-18-15-8-3-2-6-13(15)10-11-17(18)21;1-12-6-2-5-9-15(12)18-17-14-8-4-3-7-13(14)10-11-16(17)19;1-2/h2-11,19,21H,1H3;2-11,18-19H,1H3;1-2H3. The van der Waals surface area contributed by atoms with Gasteiger partial charge in [0.2, 0.25) is 0 Å². The van der Waals surface area contributed by atoms with E-state index in [4.69, 9.17) is 0 Å². The van der Waals surface area contributed by atoms with Crippen molar-refractivity contribution in [3.05, 3.63) is 132 Å². The van der Waals surface area contributed by atoms with E-state index in [1.165, 1.54) is 6.92 Å². The molecule has 0 saturated carbocycles. The molecule has 0 aliphatic carbocycles. The topological polar surface area (TPSA) is 81.6 Å². The predicted octanol–water partition coefficient (Wildman–Crippen LogP) is 10.1. The van der Waals surface area contributed by atoms with Gasteiger partial charge < -0.3 is 20.8 Å². The number of hydrogen-bond acceptors (Lipinski definition) is 5. The zero-order chi connectivity index (χ0) is 30.1. The number of ketones is 1. The van der Waals surface area contributed by atoms with Gasteiger partial charge in [0, 0.05) is 27.7 Å². The third kappa shape index (κ3) is 6.70. The minimum Gasteiger partial charge on any atom is -0.506 e. The number of phenolic OH excluding ortho intramolecular Hbond substituents is 2. The largest absolute Gasteiger partial charge is 0.506 e. The van der Waals surface area contributed by atoms with Gasteiger partial charge in [-0.1, -0.05) is 105 Å². The number of fused-ring (bicyclic) bond motifs is 2. The number of Topliss-reactive ketones (excluding diaryl/α,β-unsaturated/α-hetero) is 1. The number of aryl methyl sites for hydroxylation is 1. The molecule has 0 heterocycles. The number of hydrogen-bond donors (Lipinski definition) is 4. The highest BCUT2D eigenvalue weighted by Gasteiger charge is 2.11. The van der Waals surface area contributed by atoms with Gasteiger partial charge in [-0.2, -0.15) is 0 Å². The second kappa shape index (κ2) is 13.9. The summed E-state index contributed by atoms with van der Waals surface area (Å²) in [5, 5.41) is 30.8. The third-order valence-electron chi connectivity index (χ3n) is 6.78. The first-order valence-electron chi connectivity index (χ1n) is 14.0. The van der Waals surface area contributed by atoms with Crippen LogP contribution in [0.1, 0.15) is 36.7 Å². The van der Waals surface area contributed by atoms with Crippen molar-refractivity contribution in [2.45, 2.75) is 27.7 Å². The molecule has 0 aliphatic heterocycles. The SMILES string of the molecule is CC.CC(=O)c1ccccc1Nc1c(O)ccc2ccccc12.Cc1ccccc1Nc1c(O)ccc2ccccc12. The molecule has 0 unspecified atom stereocenters. The monoisotopic (exact) mass is 556 g/mol. The molecule has 42 heavy (non-hydrogen) atoms.